The van der Waals surface area contributed by atoms with Gasteiger partial charge in [0.05, 0.1) is 11.2 Å². The molecule has 0 unspecified atom stereocenters. The zero-order chi connectivity index (χ0) is 25.8. The first kappa shape index (κ1) is 25.6. The van der Waals surface area contributed by atoms with Gasteiger partial charge in [-0.3, -0.25) is 4.90 Å². The molecule has 2 aromatic heterocycles. The van der Waals surface area contributed by atoms with Crippen molar-refractivity contribution >= 4 is 30.5 Å². The highest BCUT2D eigenvalue weighted by molar-refractivity contribution is 6.76. The van der Waals surface area contributed by atoms with Gasteiger partial charge in [-0.2, -0.15) is 0 Å². The van der Waals surface area contributed by atoms with E-state index < -0.39 is 8.07 Å². The maximum Gasteiger partial charge on any atom is 0.154 e. The molecule has 0 spiro atoms. The first-order valence-corrected chi connectivity index (χ1v) is 17.1. The van der Waals surface area contributed by atoms with Gasteiger partial charge in [0.2, 0.25) is 0 Å². The van der Waals surface area contributed by atoms with Crippen LogP contribution in [0.5, 0.6) is 0 Å². The lowest BCUT2D eigenvalue weighted by Gasteiger charge is -2.22. The maximum absolute atomic E-state index is 6.28. The number of likely N-dealkylation sites (tertiary alicyclic amines) is 1. The van der Waals surface area contributed by atoms with Crippen LogP contribution in [0.2, 0.25) is 25.7 Å². The molecule has 4 aromatic rings. The zero-order valence-corrected chi connectivity index (χ0v) is 23.5. The molecule has 2 aromatic carbocycles. The lowest BCUT2D eigenvalue weighted by atomic mass is 10.0. The number of aliphatic imine (C=N–C) groups is 1. The number of hydrogen-bond acceptors (Lipinski definition) is 4. The van der Waals surface area contributed by atoms with Crippen molar-refractivity contribution in [3.63, 3.8) is 0 Å². The van der Waals surface area contributed by atoms with Crippen molar-refractivity contribution in [3.05, 3.63) is 95.8 Å². The van der Waals surface area contributed by atoms with Gasteiger partial charge in [-0.25, -0.2) is 9.98 Å². The van der Waals surface area contributed by atoms with Gasteiger partial charge in [0.15, 0.2) is 5.82 Å². The average Bonchev–Trinajstić information content (AvgIpc) is 3.48. The molecule has 1 aliphatic heterocycles. The molecule has 1 fully saturated rings. The second kappa shape index (κ2) is 11.1. The van der Waals surface area contributed by atoms with E-state index >= 15 is 0 Å². The summed E-state index contributed by atoms with van der Waals surface area (Å²) in [7, 11) is 1.08. The Labute approximate surface area is 221 Å². The largest absolute Gasteiger partial charge is 0.361 e. The highest BCUT2D eigenvalue weighted by Gasteiger charge is 2.27. The fraction of sp³-hybridized carbons (Fsp3) is 0.355. The predicted octanol–water partition coefficient (Wildman–Crippen LogP) is 7.28. The highest BCUT2D eigenvalue weighted by Crippen LogP contribution is 2.35. The quantitative estimate of drug-likeness (QED) is 0.135. The van der Waals surface area contributed by atoms with Crippen LogP contribution in [0.25, 0.3) is 10.9 Å². The van der Waals surface area contributed by atoms with Gasteiger partial charge < -0.3 is 9.30 Å². The summed E-state index contributed by atoms with van der Waals surface area (Å²) in [6.07, 6.45) is 4.37. The van der Waals surface area contributed by atoms with Crippen LogP contribution in [0, 0.1) is 0 Å². The van der Waals surface area contributed by atoms with Gasteiger partial charge in [-0.05, 0) is 38.5 Å². The number of pyridine rings is 1. The third-order valence-corrected chi connectivity index (χ3v) is 8.91. The Kier molecular flexibility index (Phi) is 7.70. The molecule has 0 radical (unpaired) electrons. The van der Waals surface area contributed by atoms with Crippen LogP contribution in [0.15, 0.2) is 84.0 Å². The Bertz CT molecular complexity index is 1320. The van der Waals surface area contributed by atoms with Gasteiger partial charge in [-0.15, -0.1) is 0 Å². The predicted molar refractivity (Wildman–Crippen MR) is 157 cm³/mol. The van der Waals surface area contributed by atoms with E-state index in [2.05, 4.69) is 96.8 Å². The second-order valence-corrected chi connectivity index (χ2v) is 16.9. The maximum atomic E-state index is 6.28. The van der Waals surface area contributed by atoms with Crippen LogP contribution in [0.4, 0.5) is 5.82 Å². The third kappa shape index (κ3) is 6.09. The minimum absolute atomic E-state index is 0.407. The molecule has 0 N–H and O–H groups in total. The van der Waals surface area contributed by atoms with Crippen molar-refractivity contribution in [2.24, 2.45) is 4.99 Å². The molecule has 0 aliphatic carbocycles. The molecule has 1 saturated heterocycles. The number of benzene rings is 2. The van der Waals surface area contributed by atoms with E-state index in [1.54, 1.807) is 0 Å². The van der Waals surface area contributed by atoms with E-state index in [9.17, 15) is 0 Å². The third-order valence-electron chi connectivity index (χ3n) is 7.20. The van der Waals surface area contributed by atoms with Crippen LogP contribution < -0.4 is 0 Å². The number of ether oxygens (including phenoxy) is 1. The Morgan fingerprint density at radius 2 is 1.68 bits per heavy atom. The van der Waals surface area contributed by atoms with E-state index in [-0.39, 0.29) is 0 Å². The van der Waals surface area contributed by atoms with Crippen molar-refractivity contribution < 1.29 is 4.74 Å². The summed E-state index contributed by atoms with van der Waals surface area (Å²) in [5, 5.41) is 1.14. The number of fused-ring (bicyclic) bond motifs is 1. The molecular formula is C31H38N4OSi. The van der Waals surface area contributed by atoms with E-state index in [4.69, 9.17) is 14.7 Å². The number of aromatic nitrogens is 2. The summed E-state index contributed by atoms with van der Waals surface area (Å²) in [5.41, 5.74) is 5.53. The minimum atomic E-state index is -1.15. The molecule has 1 aliphatic rings. The van der Waals surface area contributed by atoms with Crippen molar-refractivity contribution in [3.8, 4) is 0 Å². The van der Waals surface area contributed by atoms with Crippen molar-refractivity contribution in [1.29, 1.82) is 0 Å². The van der Waals surface area contributed by atoms with Crippen LogP contribution >= 0.6 is 0 Å². The molecular weight excluding hydrogens is 472 g/mol. The van der Waals surface area contributed by atoms with Gasteiger partial charge in [0.1, 0.15) is 6.73 Å². The van der Waals surface area contributed by atoms with E-state index in [1.165, 1.54) is 24.6 Å². The SMILES string of the molecule is CN1CCC[C@@H]1c1cc2cnc(N=C(c3ccccc3)c3ccccc3)cc2n1COCC[Si](C)(C)C. The van der Waals surface area contributed by atoms with Crippen LogP contribution in [0.3, 0.4) is 0 Å². The van der Waals surface area contributed by atoms with Crippen molar-refractivity contribution in [2.45, 2.75) is 51.3 Å². The summed E-state index contributed by atoms with van der Waals surface area (Å²) < 4.78 is 8.64. The van der Waals surface area contributed by atoms with Gasteiger partial charge in [0, 0.05) is 55.2 Å². The molecule has 5 nitrogen and oxygen atoms in total. The molecule has 1 atom stereocenters. The Morgan fingerprint density at radius 1 is 1.00 bits per heavy atom. The molecule has 37 heavy (non-hydrogen) atoms. The standard InChI is InChI=1S/C31H38N4OSi/c1-34-17-11-16-27(34)29-20-26-22-32-30(21-28(26)35(29)23-36-18-19-37(2,3)4)33-31(24-12-7-5-8-13-24)25-14-9-6-10-15-25/h5-10,12-15,20-22,27H,11,16-19,23H2,1-4H3/t27-/m1/s1. The first-order chi connectivity index (χ1) is 17.9. The lowest BCUT2D eigenvalue weighted by Crippen LogP contribution is -2.23. The van der Waals surface area contributed by atoms with Gasteiger partial charge in [0.25, 0.3) is 0 Å². The van der Waals surface area contributed by atoms with E-state index in [0.717, 1.165) is 40.9 Å². The summed E-state index contributed by atoms with van der Waals surface area (Å²) in [6, 6.07) is 26.7. The van der Waals surface area contributed by atoms with Crippen molar-refractivity contribution in [1.82, 2.24) is 14.5 Å². The Morgan fingerprint density at radius 3 is 2.27 bits per heavy atom. The molecule has 6 heteroatoms. The molecule has 0 saturated carbocycles. The Balaban J connectivity index is 1.55. The zero-order valence-electron chi connectivity index (χ0n) is 22.5. The summed E-state index contributed by atoms with van der Waals surface area (Å²) in [4.78, 5) is 12.3. The molecule has 0 amide bonds. The number of rotatable bonds is 9. The lowest BCUT2D eigenvalue weighted by molar-refractivity contribution is 0.0857. The normalized spacial score (nSPS) is 16.4. The van der Waals surface area contributed by atoms with Crippen LogP contribution in [-0.2, 0) is 11.5 Å². The molecule has 0 bridgehead atoms. The highest BCUT2D eigenvalue weighted by atomic mass is 28.3. The smallest absolute Gasteiger partial charge is 0.154 e. The Hall–Kier alpha value is -3.06. The van der Waals surface area contributed by atoms with Crippen molar-refractivity contribution in [2.75, 3.05) is 20.2 Å². The molecule has 192 valence electrons. The fourth-order valence-corrected chi connectivity index (χ4v) is 5.82. The monoisotopic (exact) mass is 510 g/mol. The van der Waals surface area contributed by atoms with Gasteiger partial charge >= 0.3 is 0 Å². The summed E-state index contributed by atoms with van der Waals surface area (Å²) in [6.45, 7) is 9.69. The fourth-order valence-electron chi connectivity index (χ4n) is 5.07. The topological polar surface area (TPSA) is 42.7 Å². The second-order valence-electron chi connectivity index (χ2n) is 11.3. The van der Waals surface area contributed by atoms with E-state index in [1.807, 2.05) is 18.3 Å². The summed E-state index contributed by atoms with van der Waals surface area (Å²) >= 11 is 0. The van der Waals surface area contributed by atoms with Crippen LogP contribution in [-0.4, -0.2) is 48.4 Å². The first-order valence-electron chi connectivity index (χ1n) is 13.4. The van der Waals surface area contributed by atoms with E-state index in [0.29, 0.717) is 18.6 Å². The van der Waals surface area contributed by atoms with Gasteiger partial charge in [-0.1, -0.05) is 80.3 Å². The number of hydrogen-bond donors (Lipinski definition) is 0. The molecule has 3 heterocycles. The average molecular weight is 511 g/mol. The molecule has 5 rings (SSSR count). The van der Waals surface area contributed by atoms with Crippen LogP contribution in [0.1, 0.15) is 35.7 Å². The minimum Gasteiger partial charge on any atom is -0.361 e. The summed E-state index contributed by atoms with van der Waals surface area (Å²) in [5.74, 6) is 0.711. The number of nitrogens with zero attached hydrogens (tertiary/aromatic N) is 4.